The van der Waals surface area contributed by atoms with Crippen molar-refractivity contribution < 1.29 is 19.4 Å². The maximum atomic E-state index is 12.5. The minimum atomic E-state index is -0.384. The van der Waals surface area contributed by atoms with E-state index >= 15 is 0 Å². The van der Waals surface area contributed by atoms with E-state index in [0.717, 1.165) is 16.7 Å². The van der Waals surface area contributed by atoms with Gasteiger partial charge in [0.25, 0.3) is 11.1 Å². The number of carbonyl (C=O) groups excluding carboxylic acids is 2. The zero-order chi connectivity index (χ0) is 18.0. The Kier molecular flexibility index (Phi) is 5.01. The molecule has 0 unspecified atom stereocenters. The lowest BCUT2D eigenvalue weighted by Gasteiger charge is -2.13. The standard InChI is InChI=1S/C18H14ClNO4S/c1-24-15-7-6-11(8-14(15)21)9-16-17(22)20(18(23)25-16)10-12-4-2-3-5-13(12)19/h2-9,21H,10H2,1H3/b16-9+. The van der Waals surface area contributed by atoms with Gasteiger partial charge >= 0.3 is 0 Å². The van der Waals surface area contributed by atoms with Gasteiger partial charge in [0, 0.05) is 5.02 Å². The first-order chi connectivity index (χ1) is 12.0. The van der Waals surface area contributed by atoms with Gasteiger partial charge in [-0.1, -0.05) is 35.9 Å². The number of imide groups is 1. The van der Waals surface area contributed by atoms with E-state index in [1.807, 2.05) is 0 Å². The predicted molar refractivity (Wildman–Crippen MR) is 97.6 cm³/mol. The number of phenols is 1. The van der Waals surface area contributed by atoms with Crippen molar-refractivity contribution in [3.05, 3.63) is 63.5 Å². The number of carbonyl (C=O) groups is 2. The molecule has 0 spiro atoms. The third kappa shape index (κ3) is 3.65. The SMILES string of the molecule is COc1ccc(/C=C2/SC(=O)N(Cc3ccccc3Cl)C2=O)cc1O. The molecule has 3 rings (SSSR count). The summed E-state index contributed by atoms with van der Waals surface area (Å²) in [6, 6.07) is 11.8. The van der Waals surface area contributed by atoms with Crippen molar-refractivity contribution in [2.75, 3.05) is 7.11 Å². The van der Waals surface area contributed by atoms with Crippen LogP contribution >= 0.6 is 23.4 Å². The number of aromatic hydroxyl groups is 1. The molecular formula is C18H14ClNO4S. The van der Waals surface area contributed by atoms with Gasteiger partial charge in [-0.05, 0) is 47.2 Å². The van der Waals surface area contributed by atoms with Crippen molar-refractivity contribution in [2.45, 2.75) is 6.54 Å². The van der Waals surface area contributed by atoms with Gasteiger partial charge in [0.2, 0.25) is 0 Å². The van der Waals surface area contributed by atoms with E-state index in [0.29, 0.717) is 26.8 Å². The first-order valence-electron chi connectivity index (χ1n) is 7.35. The zero-order valence-electron chi connectivity index (χ0n) is 13.2. The number of halogens is 1. The fourth-order valence-corrected chi connectivity index (χ4v) is 3.42. The Hall–Kier alpha value is -2.44. The number of thioether (sulfide) groups is 1. The highest BCUT2D eigenvalue weighted by molar-refractivity contribution is 8.18. The smallest absolute Gasteiger partial charge is 0.293 e. The molecule has 7 heteroatoms. The van der Waals surface area contributed by atoms with Crippen LogP contribution in [-0.4, -0.2) is 28.3 Å². The molecule has 0 aromatic heterocycles. The van der Waals surface area contributed by atoms with E-state index in [-0.39, 0.29) is 23.4 Å². The van der Waals surface area contributed by atoms with Crippen LogP contribution in [0.5, 0.6) is 11.5 Å². The summed E-state index contributed by atoms with van der Waals surface area (Å²) >= 11 is 6.96. The third-order valence-electron chi connectivity index (χ3n) is 3.66. The fraction of sp³-hybridized carbons (Fsp3) is 0.111. The summed E-state index contributed by atoms with van der Waals surface area (Å²) in [5, 5.41) is 9.97. The largest absolute Gasteiger partial charge is 0.504 e. The number of methoxy groups -OCH3 is 1. The second-order valence-corrected chi connectivity index (χ2v) is 6.69. The average Bonchev–Trinajstić information content (AvgIpc) is 2.84. The lowest BCUT2D eigenvalue weighted by molar-refractivity contribution is -0.123. The van der Waals surface area contributed by atoms with Crippen molar-refractivity contribution in [3.8, 4) is 11.5 Å². The first-order valence-corrected chi connectivity index (χ1v) is 8.55. The van der Waals surface area contributed by atoms with Gasteiger partial charge in [0.05, 0.1) is 18.6 Å². The highest BCUT2D eigenvalue weighted by Crippen LogP contribution is 2.35. The molecule has 0 saturated carbocycles. The molecule has 25 heavy (non-hydrogen) atoms. The minimum Gasteiger partial charge on any atom is -0.504 e. The average molecular weight is 376 g/mol. The Morgan fingerprint density at radius 2 is 2.00 bits per heavy atom. The summed E-state index contributed by atoms with van der Waals surface area (Å²) in [4.78, 5) is 26.2. The highest BCUT2D eigenvalue weighted by Gasteiger charge is 2.35. The number of hydrogen-bond donors (Lipinski definition) is 1. The summed E-state index contributed by atoms with van der Waals surface area (Å²) < 4.78 is 4.99. The van der Waals surface area contributed by atoms with Crippen LogP contribution in [0.15, 0.2) is 47.4 Å². The topological polar surface area (TPSA) is 66.8 Å². The van der Waals surface area contributed by atoms with Gasteiger partial charge in [-0.2, -0.15) is 0 Å². The Bertz CT molecular complexity index is 881. The molecule has 1 heterocycles. The molecule has 1 aliphatic heterocycles. The molecule has 1 N–H and O–H groups in total. The van der Waals surface area contributed by atoms with Crippen molar-refractivity contribution in [1.29, 1.82) is 0 Å². The summed E-state index contributed by atoms with van der Waals surface area (Å²) in [5.74, 6) is -0.0826. The molecule has 128 valence electrons. The van der Waals surface area contributed by atoms with E-state index in [1.54, 1.807) is 42.5 Å². The number of amides is 2. The fourth-order valence-electron chi connectivity index (χ4n) is 2.38. The molecule has 2 amide bonds. The van der Waals surface area contributed by atoms with Crippen LogP contribution in [0.1, 0.15) is 11.1 Å². The maximum absolute atomic E-state index is 12.5. The van der Waals surface area contributed by atoms with Crippen LogP contribution in [0.4, 0.5) is 4.79 Å². The minimum absolute atomic E-state index is 0.0356. The molecule has 0 radical (unpaired) electrons. The van der Waals surface area contributed by atoms with E-state index in [1.165, 1.54) is 13.2 Å². The highest BCUT2D eigenvalue weighted by atomic mass is 35.5. The second-order valence-electron chi connectivity index (χ2n) is 5.29. The van der Waals surface area contributed by atoms with Crippen LogP contribution in [0.25, 0.3) is 6.08 Å². The molecule has 1 aliphatic rings. The molecule has 1 fully saturated rings. The molecule has 2 aromatic carbocycles. The summed E-state index contributed by atoms with van der Waals surface area (Å²) in [5.41, 5.74) is 1.30. The Labute approximate surface area is 153 Å². The maximum Gasteiger partial charge on any atom is 0.293 e. The van der Waals surface area contributed by atoms with Crippen LogP contribution in [0.3, 0.4) is 0 Å². The number of benzene rings is 2. The molecule has 0 bridgehead atoms. The summed E-state index contributed by atoms with van der Waals surface area (Å²) in [6.07, 6.45) is 1.57. The Morgan fingerprint density at radius 1 is 1.24 bits per heavy atom. The van der Waals surface area contributed by atoms with Crippen LogP contribution < -0.4 is 4.74 Å². The molecule has 0 aliphatic carbocycles. The molecule has 2 aromatic rings. The summed E-state index contributed by atoms with van der Waals surface area (Å²) in [6.45, 7) is 0.121. The van der Waals surface area contributed by atoms with Gasteiger partial charge in [-0.15, -0.1) is 0 Å². The number of nitrogens with zero attached hydrogens (tertiary/aromatic N) is 1. The number of hydrogen-bond acceptors (Lipinski definition) is 5. The van der Waals surface area contributed by atoms with Gasteiger partial charge in [0.15, 0.2) is 11.5 Å². The molecule has 0 atom stereocenters. The van der Waals surface area contributed by atoms with Gasteiger partial charge in [0.1, 0.15) is 0 Å². The Morgan fingerprint density at radius 3 is 2.68 bits per heavy atom. The quantitative estimate of drug-likeness (QED) is 0.807. The van der Waals surface area contributed by atoms with Crippen molar-refractivity contribution in [1.82, 2.24) is 4.90 Å². The van der Waals surface area contributed by atoms with Crippen molar-refractivity contribution in [3.63, 3.8) is 0 Å². The van der Waals surface area contributed by atoms with Crippen molar-refractivity contribution >= 4 is 40.6 Å². The zero-order valence-corrected chi connectivity index (χ0v) is 14.8. The Balaban J connectivity index is 1.83. The normalized spacial score (nSPS) is 15.9. The van der Waals surface area contributed by atoms with E-state index < -0.39 is 0 Å². The lowest BCUT2D eigenvalue weighted by Crippen LogP contribution is -2.27. The van der Waals surface area contributed by atoms with Gasteiger partial charge < -0.3 is 9.84 Å². The molecular weight excluding hydrogens is 362 g/mol. The van der Waals surface area contributed by atoms with Crippen LogP contribution in [0.2, 0.25) is 5.02 Å². The third-order valence-corrected chi connectivity index (χ3v) is 4.94. The summed E-state index contributed by atoms with van der Waals surface area (Å²) in [7, 11) is 1.45. The lowest BCUT2D eigenvalue weighted by atomic mass is 10.1. The van der Waals surface area contributed by atoms with E-state index in [9.17, 15) is 14.7 Å². The van der Waals surface area contributed by atoms with Gasteiger partial charge in [-0.3, -0.25) is 14.5 Å². The second kappa shape index (κ2) is 7.21. The number of phenolic OH excluding ortho intramolecular Hbond substituents is 1. The molecule has 1 saturated heterocycles. The monoisotopic (exact) mass is 375 g/mol. The predicted octanol–water partition coefficient (Wildman–Crippen LogP) is 4.29. The van der Waals surface area contributed by atoms with E-state index in [4.69, 9.17) is 16.3 Å². The van der Waals surface area contributed by atoms with Crippen molar-refractivity contribution in [2.24, 2.45) is 0 Å². The van der Waals surface area contributed by atoms with Crippen LogP contribution in [0, 0.1) is 0 Å². The molecule has 5 nitrogen and oxygen atoms in total. The first kappa shape index (κ1) is 17.4. The van der Waals surface area contributed by atoms with Crippen LogP contribution in [-0.2, 0) is 11.3 Å². The number of rotatable bonds is 4. The van der Waals surface area contributed by atoms with E-state index in [2.05, 4.69) is 0 Å². The van der Waals surface area contributed by atoms with Gasteiger partial charge in [-0.25, -0.2) is 0 Å². The number of ether oxygens (including phenoxy) is 1.